The summed E-state index contributed by atoms with van der Waals surface area (Å²) in [5.41, 5.74) is 16.6. The molecule has 0 N–H and O–H groups in total. The predicted octanol–water partition coefficient (Wildman–Crippen LogP) is 16.8. The minimum atomic E-state index is -0.0518. The van der Waals surface area contributed by atoms with Gasteiger partial charge in [-0.05, 0) is 138 Å². The fourth-order valence-electron chi connectivity index (χ4n) is 10.6. The van der Waals surface area contributed by atoms with Crippen molar-refractivity contribution in [2.75, 3.05) is 0 Å². The van der Waals surface area contributed by atoms with Gasteiger partial charge in [-0.2, -0.15) is 0 Å². The molecule has 0 aliphatic heterocycles. The molecule has 0 bridgehead atoms. The summed E-state index contributed by atoms with van der Waals surface area (Å²) in [7, 11) is 0. The van der Waals surface area contributed by atoms with Crippen LogP contribution in [-0.2, 0) is 5.41 Å². The predicted molar refractivity (Wildman–Crippen MR) is 263 cm³/mol. The first-order valence-electron chi connectivity index (χ1n) is 21.2. The van der Waals surface area contributed by atoms with Crippen molar-refractivity contribution in [3.63, 3.8) is 0 Å². The summed E-state index contributed by atoms with van der Waals surface area (Å²) in [5.74, 6) is 0. The molecule has 13 rings (SSSR count). The number of hydrogen-bond acceptors (Lipinski definition) is 1. The van der Waals surface area contributed by atoms with E-state index in [1.807, 2.05) is 11.3 Å². The number of benzene rings is 10. The van der Waals surface area contributed by atoms with E-state index in [4.69, 9.17) is 0 Å². The van der Waals surface area contributed by atoms with Crippen LogP contribution in [0.25, 0.3) is 114 Å². The van der Waals surface area contributed by atoms with E-state index in [2.05, 4.69) is 219 Å². The first kappa shape index (κ1) is 34.6. The molecule has 61 heavy (non-hydrogen) atoms. The molecule has 2 aromatic heterocycles. The molecule has 286 valence electrons. The molecular weight excluding hydrogens is 755 g/mol. The van der Waals surface area contributed by atoms with E-state index in [1.54, 1.807) is 0 Å². The lowest BCUT2D eigenvalue weighted by molar-refractivity contribution is 0.666. The number of rotatable bonds is 4. The third-order valence-electron chi connectivity index (χ3n) is 13.5. The Hall–Kier alpha value is -7.26. The summed E-state index contributed by atoms with van der Waals surface area (Å²) in [4.78, 5) is 0. The Kier molecular flexibility index (Phi) is 7.30. The quantitative estimate of drug-likeness (QED) is 0.156. The normalized spacial score (nSPS) is 13.2. The molecule has 0 spiro atoms. The monoisotopic (exact) mass is 793 g/mol. The Morgan fingerprint density at radius 2 is 1.07 bits per heavy atom. The minimum Gasteiger partial charge on any atom is -0.309 e. The van der Waals surface area contributed by atoms with Gasteiger partial charge in [-0.25, -0.2) is 0 Å². The molecule has 0 saturated heterocycles. The van der Waals surface area contributed by atoms with Crippen molar-refractivity contribution in [2.24, 2.45) is 0 Å². The molecule has 0 fully saturated rings. The van der Waals surface area contributed by atoms with Gasteiger partial charge in [0.2, 0.25) is 0 Å². The van der Waals surface area contributed by atoms with E-state index in [1.165, 1.54) is 125 Å². The van der Waals surface area contributed by atoms with Crippen LogP contribution in [0, 0.1) is 0 Å². The molecule has 1 aliphatic rings. The lowest BCUT2D eigenvalue weighted by atomic mass is 9.80. The van der Waals surface area contributed by atoms with Gasteiger partial charge in [0.25, 0.3) is 0 Å². The number of thiophene rings is 1. The molecule has 10 aromatic carbocycles. The molecule has 0 amide bonds. The second-order valence-electron chi connectivity index (χ2n) is 17.3. The zero-order valence-electron chi connectivity index (χ0n) is 33.9. The number of aromatic nitrogens is 1. The Morgan fingerprint density at radius 1 is 0.377 bits per heavy atom. The molecule has 1 nitrogen and oxygen atoms in total. The maximum Gasteiger partial charge on any atom is 0.0541 e. The highest BCUT2D eigenvalue weighted by Crippen LogP contribution is 2.52. The third-order valence-corrected chi connectivity index (χ3v) is 14.7. The van der Waals surface area contributed by atoms with Crippen LogP contribution in [-0.4, -0.2) is 4.57 Å². The van der Waals surface area contributed by atoms with Crippen LogP contribution in [0.1, 0.15) is 25.0 Å². The minimum absolute atomic E-state index is 0.0518. The van der Waals surface area contributed by atoms with Crippen LogP contribution in [0.2, 0.25) is 0 Å². The molecule has 2 heteroatoms. The van der Waals surface area contributed by atoms with Crippen LogP contribution in [0.3, 0.4) is 0 Å². The highest BCUT2D eigenvalue weighted by atomic mass is 32.1. The SMILES string of the molecule is CC1(C)c2ccccc2-c2ccc3cc4cc(-n5c6ccccc6c6cc(-c7ccc8sc9c(-c%10cccc(-c%11ccccc%11)c%10)cccc9c8c7)ccc65)ccc4cc3c21. The van der Waals surface area contributed by atoms with E-state index < -0.39 is 0 Å². The van der Waals surface area contributed by atoms with Crippen molar-refractivity contribution in [3.8, 4) is 50.2 Å². The van der Waals surface area contributed by atoms with Crippen molar-refractivity contribution >= 4 is 74.9 Å². The Morgan fingerprint density at radius 3 is 1.98 bits per heavy atom. The summed E-state index contributed by atoms with van der Waals surface area (Å²) in [6.45, 7) is 4.76. The largest absolute Gasteiger partial charge is 0.309 e. The molecule has 1 aliphatic carbocycles. The Balaban J connectivity index is 0.908. The molecule has 12 aromatic rings. The Bertz CT molecular complexity index is 3790. The van der Waals surface area contributed by atoms with Crippen LogP contribution in [0.15, 0.2) is 200 Å². The average Bonchev–Trinajstić information content (AvgIpc) is 3.93. The molecule has 0 radical (unpaired) electrons. The smallest absolute Gasteiger partial charge is 0.0541 e. The number of nitrogens with zero attached hydrogens (tertiary/aromatic N) is 1. The first-order valence-corrected chi connectivity index (χ1v) is 22.1. The van der Waals surface area contributed by atoms with Gasteiger partial charge < -0.3 is 4.57 Å². The van der Waals surface area contributed by atoms with E-state index in [-0.39, 0.29) is 5.41 Å². The number of hydrogen-bond donors (Lipinski definition) is 0. The maximum atomic E-state index is 2.45. The standard InChI is InChI=1S/C59H39NS/c1-59(2)53-20-8-6-16-46(53)48-27-23-42-31-43-32-44(26-22-40(43)33-50(42)57(48)59)60-54-21-9-7-17-47(54)51-34-38(24-28-55(51)60)39-25-29-56-52(35-39)49-19-11-18-45(58(49)61-56)41-15-10-14-37(30-41)36-12-4-3-5-13-36/h3-35H,1-2H3. The van der Waals surface area contributed by atoms with Gasteiger partial charge >= 0.3 is 0 Å². The molecule has 0 saturated carbocycles. The summed E-state index contributed by atoms with van der Waals surface area (Å²) in [5, 5.41) is 10.3. The summed E-state index contributed by atoms with van der Waals surface area (Å²) < 4.78 is 5.09. The first-order chi connectivity index (χ1) is 30.0. The van der Waals surface area contributed by atoms with Crippen molar-refractivity contribution in [2.45, 2.75) is 19.3 Å². The molecule has 0 atom stereocenters. The highest BCUT2D eigenvalue weighted by molar-refractivity contribution is 7.26. The molecular formula is C59H39NS. The van der Waals surface area contributed by atoms with E-state index in [0.29, 0.717) is 0 Å². The topological polar surface area (TPSA) is 4.93 Å². The van der Waals surface area contributed by atoms with E-state index >= 15 is 0 Å². The van der Waals surface area contributed by atoms with Crippen molar-refractivity contribution < 1.29 is 0 Å². The highest BCUT2D eigenvalue weighted by Gasteiger charge is 2.36. The fraction of sp³-hybridized carbons (Fsp3) is 0.0508. The summed E-state index contributed by atoms with van der Waals surface area (Å²) in [6.07, 6.45) is 0. The fourth-order valence-corrected chi connectivity index (χ4v) is 11.8. The van der Waals surface area contributed by atoms with Crippen LogP contribution in [0.5, 0.6) is 0 Å². The van der Waals surface area contributed by atoms with E-state index in [0.717, 1.165) is 0 Å². The van der Waals surface area contributed by atoms with Crippen LogP contribution < -0.4 is 0 Å². The number of fused-ring (bicyclic) bond motifs is 12. The van der Waals surface area contributed by atoms with Gasteiger partial charge in [0.1, 0.15) is 0 Å². The molecule has 2 heterocycles. The van der Waals surface area contributed by atoms with Crippen LogP contribution >= 0.6 is 11.3 Å². The third kappa shape index (κ3) is 5.13. The Labute approximate surface area is 358 Å². The van der Waals surface area contributed by atoms with E-state index in [9.17, 15) is 0 Å². The lowest BCUT2D eigenvalue weighted by Crippen LogP contribution is -2.15. The van der Waals surface area contributed by atoms with Gasteiger partial charge in [0.15, 0.2) is 0 Å². The lowest BCUT2D eigenvalue weighted by Gasteiger charge is -2.23. The van der Waals surface area contributed by atoms with Crippen molar-refractivity contribution in [1.82, 2.24) is 4.57 Å². The van der Waals surface area contributed by atoms with Crippen molar-refractivity contribution in [1.29, 1.82) is 0 Å². The van der Waals surface area contributed by atoms with Gasteiger partial charge in [-0.15, -0.1) is 11.3 Å². The zero-order chi connectivity index (χ0) is 40.4. The second kappa shape index (κ2) is 12.9. The average molecular weight is 794 g/mol. The van der Waals surface area contributed by atoms with Gasteiger partial charge in [0.05, 0.1) is 11.0 Å². The summed E-state index contributed by atoms with van der Waals surface area (Å²) >= 11 is 1.89. The van der Waals surface area contributed by atoms with Gasteiger partial charge in [-0.1, -0.05) is 153 Å². The zero-order valence-corrected chi connectivity index (χ0v) is 34.7. The van der Waals surface area contributed by atoms with Crippen molar-refractivity contribution in [3.05, 3.63) is 211 Å². The second-order valence-corrected chi connectivity index (χ2v) is 18.3. The van der Waals surface area contributed by atoms with Gasteiger partial charge in [0, 0.05) is 42.0 Å². The maximum absolute atomic E-state index is 2.45. The summed E-state index contributed by atoms with van der Waals surface area (Å²) in [6, 6.07) is 74.7. The molecule has 0 unspecified atom stereocenters. The number of para-hydroxylation sites is 1. The van der Waals surface area contributed by atoms with Gasteiger partial charge in [-0.3, -0.25) is 0 Å². The van der Waals surface area contributed by atoms with Crippen LogP contribution in [0.4, 0.5) is 0 Å².